The van der Waals surface area contributed by atoms with Gasteiger partial charge in [0.2, 0.25) is 0 Å². The maximum atomic E-state index is 7.87. The van der Waals surface area contributed by atoms with Crippen molar-refractivity contribution in [3.05, 3.63) is 51.9 Å². The number of pyridine rings is 1. The van der Waals surface area contributed by atoms with Gasteiger partial charge in [-0.15, -0.1) is 0 Å². The first-order valence-corrected chi connectivity index (χ1v) is 9.59. The predicted octanol–water partition coefficient (Wildman–Crippen LogP) is 4.76. The van der Waals surface area contributed by atoms with Crippen molar-refractivity contribution >= 4 is 23.8 Å². The van der Waals surface area contributed by atoms with E-state index in [1.807, 2.05) is 6.92 Å². The van der Waals surface area contributed by atoms with E-state index in [-0.39, 0.29) is 0 Å². The minimum absolute atomic E-state index is 0.386. The number of nitrogen functional groups attached to an aromatic ring is 1. The smallest absolute Gasteiger partial charge is 0.132 e. The van der Waals surface area contributed by atoms with E-state index < -0.39 is 0 Å². The van der Waals surface area contributed by atoms with Crippen LogP contribution in [0, 0.1) is 23.7 Å². The van der Waals surface area contributed by atoms with Crippen LogP contribution in [0.15, 0.2) is 35.2 Å². The maximum absolute atomic E-state index is 7.87. The summed E-state index contributed by atoms with van der Waals surface area (Å²) in [5.74, 6) is 0.943. The number of aryl methyl sites for hydroxylation is 1. The molecule has 5 nitrogen and oxygen atoms in total. The fourth-order valence-electron chi connectivity index (χ4n) is 3.77. The number of nitrogens with two attached hydrogens (primary N) is 2. The van der Waals surface area contributed by atoms with Gasteiger partial charge in [0.05, 0.1) is 0 Å². The fraction of sp³-hybridized carbons (Fsp3) is 0.409. The Labute approximate surface area is 162 Å². The van der Waals surface area contributed by atoms with Gasteiger partial charge in [-0.2, -0.15) is 0 Å². The SMILES string of the molecule is CCC/C=C(C1=C(c2c(C)cnc(N)c2C=N)CCC(C)C1)\C(C=N)=C\N. The molecular formula is C22H31N5. The highest BCUT2D eigenvalue weighted by Crippen LogP contribution is 2.42. The van der Waals surface area contributed by atoms with Crippen LogP contribution in [0.4, 0.5) is 5.82 Å². The molecule has 0 amide bonds. The molecule has 0 bridgehead atoms. The third kappa shape index (κ3) is 4.35. The van der Waals surface area contributed by atoms with E-state index in [9.17, 15) is 0 Å². The summed E-state index contributed by atoms with van der Waals surface area (Å²) in [4.78, 5) is 4.23. The summed E-state index contributed by atoms with van der Waals surface area (Å²) in [5, 5.41) is 15.7. The van der Waals surface area contributed by atoms with E-state index in [0.717, 1.165) is 54.4 Å². The van der Waals surface area contributed by atoms with Gasteiger partial charge in [-0.3, -0.25) is 0 Å². The molecule has 27 heavy (non-hydrogen) atoms. The third-order valence-corrected chi connectivity index (χ3v) is 5.20. The van der Waals surface area contributed by atoms with Gasteiger partial charge >= 0.3 is 0 Å². The summed E-state index contributed by atoms with van der Waals surface area (Å²) in [5.41, 5.74) is 18.9. The van der Waals surface area contributed by atoms with Gasteiger partial charge in [0.25, 0.3) is 0 Å². The molecule has 144 valence electrons. The van der Waals surface area contributed by atoms with Crippen molar-refractivity contribution in [3.63, 3.8) is 0 Å². The largest absolute Gasteiger partial charge is 0.404 e. The van der Waals surface area contributed by atoms with Crippen LogP contribution < -0.4 is 11.5 Å². The topological polar surface area (TPSA) is 113 Å². The Hall–Kier alpha value is -2.69. The number of hydrogen-bond donors (Lipinski definition) is 4. The number of rotatable bonds is 7. The van der Waals surface area contributed by atoms with E-state index in [1.165, 1.54) is 29.8 Å². The number of nitrogens with zero attached hydrogens (tertiary/aromatic N) is 1. The molecular weight excluding hydrogens is 334 g/mol. The summed E-state index contributed by atoms with van der Waals surface area (Å²) in [6, 6.07) is 0. The molecule has 2 rings (SSSR count). The van der Waals surface area contributed by atoms with Crippen LogP contribution in [-0.4, -0.2) is 17.4 Å². The van der Waals surface area contributed by atoms with Crippen molar-refractivity contribution in [3.8, 4) is 0 Å². The number of aromatic nitrogens is 1. The molecule has 1 aliphatic carbocycles. The molecule has 5 heteroatoms. The van der Waals surface area contributed by atoms with Crippen LogP contribution in [0.3, 0.4) is 0 Å². The van der Waals surface area contributed by atoms with Crippen molar-refractivity contribution in [2.24, 2.45) is 11.7 Å². The minimum Gasteiger partial charge on any atom is -0.404 e. The quantitative estimate of drug-likeness (QED) is 0.412. The van der Waals surface area contributed by atoms with Crippen molar-refractivity contribution < 1.29 is 0 Å². The Balaban J connectivity index is 2.82. The van der Waals surface area contributed by atoms with Crippen LogP contribution >= 0.6 is 0 Å². The fourth-order valence-corrected chi connectivity index (χ4v) is 3.77. The monoisotopic (exact) mass is 365 g/mol. The van der Waals surface area contributed by atoms with E-state index in [1.54, 1.807) is 6.20 Å². The van der Waals surface area contributed by atoms with Gasteiger partial charge in [-0.1, -0.05) is 26.3 Å². The standard InChI is InChI=1S/C22H31N5/c1-4-5-6-17(16(10-23)11-24)19-9-14(2)7-8-18(19)21-15(3)13-27-22(26)20(21)12-25/h6,10-14,23,25H,4-5,7-9,24H2,1-3H3,(H2,26,27)/b16-11+,17-6+,23-10?,25-12?. The zero-order valence-corrected chi connectivity index (χ0v) is 16.6. The lowest BCUT2D eigenvalue weighted by Crippen LogP contribution is -2.14. The molecule has 0 saturated carbocycles. The molecule has 0 saturated heterocycles. The van der Waals surface area contributed by atoms with Gasteiger partial charge in [0.1, 0.15) is 5.82 Å². The average molecular weight is 366 g/mol. The van der Waals surface area contributed by atoms with Crippen LogP contribution in [0.1, 0.15) is 62.6 Å². The zero-order valence-electron chi connectivity index (χ0n) is 16.6. The Morgan fingerprint density at radius 2 is 2.11 bits per heavy atom. The minimum atomic E-state index is 0.386. The van der Waals surface area contributed by atoms with Gasteiger partial charge < -0.3 is 22.3 Å². The molecule has 0 spiro atoms. The number of unbranched alkanes of at least 4 members (excludes halogenated alkanes) is 1. The molecule has 1 unspecified atom stereocenters. The molecule has 1 aromatic rings. The highest BCUT2D eigenvalue weighted by Gasteiger charge is 2.25. The summed E-state index contributed by atoms with van der Waals surface area (Å²) in [7, 11) is 0. The summed E-state index contributed by atoms with van der Waals surface area (Å²) in [6.45, 7) is 6.42. The summed E-state index contributed by atoms with van der Waals surface area (Å²) < 4.78 is 0. The normalized spacial score (nSPS) is 18.6. The number of nitrogens with one attached hydrogen (secondary N) is 2. The van der Waals surface area contributed by atoms with Crippen molar-refractivity contribution in [1.29, 1.82) is 10.8 Å². The molecule has 1 aliphatic rings. The molecule has 1 atom stereocenters. The zero-order chi connectivity index (χ0) is 20.0. The van der Waals surface area contributed by atoms with E-state index >= 15 is 0 Å². The van der Waals surface area contributed by atoms with E-state index in [4.69, 9.17) is 22.3 Å². The second-order valence-corrected chi connectivity index (χ2v) is 7.24. The molecule has 0 radical (unpaired) electrons. The number of allylic oxidation sites excluding steroid dienone is 5. The first kappa shape index (κ1) is 20.6. The van der Waals surface area contributed by atoms with Gasteiger partial charge in [0, 0.05) is 36.0 Å². The average Bonchev–Trinajstić information content (AvgIpc) is 2.67. The van der Waals surface area contributed by atoms with Crippen LogP contribution in [-0.2, 0) is 0 Å². The van der Waals surface area contributed by atoms with Crippen LogP contribution in [0.5, 0.6) is 0 Å². The Morgan fingerprint density at radius 3 is 2.70 bits per heavy atom. The lowest BCUT2D eigenvalue weighted by Gasteiger charge is -2.29. The second kappa shape index (κ2) is 9.31. The number of anilines is 1. The van der Waals surface area contributed by atoms with Gasteiger partial charge in [-0.25, -0.2) is 4.98 Å². The Bertz CT molecular complexity index is 814. The van der Waals surface area contributed by atoms with Crippen molar-refractivity contribution in [2.75, 3.05) is 5.73 Å². The molecule has 0 aromatic carbocycles. The molecule has 0 fully saturated rings. The molecule has 1 aromatic heterocycles. The molecule has 0 aliphatic heterocycles. The van der Waals surface area contributed by atoms with Gasteiger partial charge in [0.15, 0.2) is 0 Å². The second-order valence-electron chi connectivity index (χ2n) is 7.24. The van der Waals surface area contributed by atoms with Crippen LogP contribution in [0.25, 0.3) is 5.57 Å². The lowest BCUT2D eigenvalue weighted by atomic mass is 9.76. The molecule has 1 heterocycles. The van der Waals surface area contributed by atoms with Gasteiger partial charge in [-0.05, 0) is 66.4 Å². The first-order valence-electron chi connectivity index (χ1n) is 9.59. The number of hydrogen-bond acceptors (Lipinski definition) is 5. The lowest BCUT2D eigenvalue weighted by molar-refractivity contribution is 0.520. The highest BCUT2D eigenvalue weighted by atomic mass is 14.8. The van der Waals surface area contributed by atoms with Crippen molar-refractivity contribution in [2.45, 2.75) is 52.9 Å². The predicted molar refractivity (Wildman–Crippen MR) is 115 cm³/mol. The maximum Gasteiger partial charge on any atom is 0.132 e. The van der Waals surface area contributed by atoms with E-state index in [2.05, 4.69) is 24.9 Å². The van der Waals surface area contributed by atoms with Crippen molar-refractivity contribution in [1.82, 2.24) is 4.98 Å². The summed E-state index contributed by atoms with van der Waals surface area (Å²) >= 11 is 0. The highest BCUT2D eigenvalue weighted by molar-refractivity contribution is 5.95. The van der Waals surface area contributed by atoms with E-state index in [0.29, 0.717) is 17.3 Å². The Kier molecular flexibility index (Phi) is 7.11. The third-order valence-electron chi connectivity index (χ3n) is 5.20. The van der Waals surface area contributed by atoms with Crippen LogP contribution in [0.2, 0.25) is 0 Å². The Morgan fingerprint density at radius 1 is 1.37 bits per heavy atom. The molecule has 6 N–H and O–H groups in total. The summed E-state index contributed by atoms with van der Waals surface area (Å²) in [6.07, 6.45) is 13.0. The first-order chi connectivity index (χ1) is 13.0.